The standard InChI is InChI=1S/C26H21FN4O4/c1-32-23-14-18-20(15-24(23)33-2)28-11-10-21(18)34-22-9-8-17(13-19(22)27)29-26-30-25(31-35-26)12-16-6-4-3-5-7-16/h3-11,13-15H,12H2,1-2H3,(H,29,30,31). The molecule has 0 saturated carbocycles. The Kier molecular flexibility index (Phi) is 6.13. The van der Waals surface area contributed by atoms with Gasteiger partial charge < -0.3 is 24.1 Å². The van der Waals surface area contributed by atoms with Gasteiger partial charge in [-0.2, -0.15) is 4.98 Å². The Morgan fingerprint density at radius 3 is 2.46 bits per heavy atom. The van der Waals surface area contributed by atoms with Crippen LogP contribution < -0.4 is 19.5 Å². The van der Waals surface area contributed by atoms with Crippen LogP contribution in [0.2, 0.25) is 0 Å². The fourth-order valence-corrected chi connectivity index (χ4v) is 3.59. The normalized spacial score (nSPS) is 10.8. The van der Waals surface area contributed by atoms with E-state index < -0.39 is 5.82 Å². The van der Waals surface area contributed by atoms with E-state index in [1.807, 2.05) is 30.3 Å². The number of pyridine rings is 1. The average Bonchev–Trinajstić information content (AvgIpc) is 3.32. The average molecular weight is 472 g/mol. The van der Waals surface area contributed by atoms with Gasteiger partial charge in [0.25, 0.3) is 0 Å². The molecule has 0 spiro atoms. The molecule has 5 rings (SSSR count). The molecule has 35 heavy (non-hydrogen) atoms. The molecule has 0 aliphatic heterocycles. The summed E-state index contributed by atoms with van der Waals surface area (Å²) in [4.78, 5) is 8.65. The van der Waals surface area contributed by atoms with E-state index in [0.717, 1.165) is 5.56 Å². The Balaban J connectivity index is 1.33. The van der Waals surface area contributed by atoms with E-state index in [1.54, 1.807) is 44.7 Å². The molecule has 5 aromatic rings. The van der Waals surface area contributed by atoms with E-state index in [-0.39, 0.29) is 11.8 Å². The third kappa shape index (κ3) is 4.84. The first-order valence-electron chi connectivity index (χ1n) is 10.7. The van der Waals surface area contributed by atoms with Crippen LogP contribution in [0.15, 0.2) is 77.4 Å². The van der Waals surface area contributed by atoms with Crippen LogP contribution in [0.4, 0.5) is 16.1 Å². The van der Waals surface area contributed by atoms with Crippen molar-refractivity contribution in [1.29, 1.82) is 0 Å². The monoisotopic (exact) mass is 472 g/mol. The maximum atomic E-state index is 14.9. The lowest BCUT2D eigenvalue weighted by Gasteiger charge is -2.13. The zero-order valence-corrected chi connectivity index (χ0v) is 19.0. The summed E-state index contributed by atoms with van der Waals surface area (Å²) in [5.41, 5.74) is 2.13. The first-order valence-corrected chi connectivity index (χ1v) is 10.7. The highest BCUT2D eigenvalue weighted by atomic mass is 19.1. The second-order valence-corrected chi connectivity index (χ2v) is 7.58. The van der Waals surface area contributed by atoms with Gasteiger partial charge in [0.15, 0.2) is 28.9 Å². The number of fused-ring (bicyclic) bond motifs is 1. The van der Waals surface area contributed by atoms with Crippen LogP contribution in [0.25, 0.3) is 10.9 Å². The van der Waals surface area contributed by atoms with E-state index in [2.05, 4.69) is 20.4 Å². The molecule has 1 N–H and O–H groups in total. The van der Waals surface area contributed by atoms with Crippen molar-refractivity contribution in [2.45, 2.75) is 6.42 Å². The number of benzene rings is 3. The van der Waals surface area contributed by atoms with Crippen LogP contribution in [-0.2, 0) is 6.42 Å². The van der Waals surface area contributed by atoms with Gasteiger partial charge in [-0.25, -0.2) is 4.39 Å². The molecular weight excluding hydrogens is 451 g/mol. The first kappa shape index (κ1) is 22.1. The number of aromatic nitrogens is 3. The molecular formula is C26H21FN4O4. The van der Waals surface area contributed by atoms with Crippen LogP contribution >= 0.6 is 0 Å². The van der Waals surface area contributed by atoms with Crippen molar-refractivity contribution < 1.29 is 23.1 Å². The number of nitrogens with one attached hydrogen (secondary N) is 1. The molecule has 0 unspecified atom stereocenters. The van der Waals surface area contributed by atoms with Crippen molar-refractivity contribution in [1.82, 2.24) is 15.1 Å². The van der Waals surface area contributed by atoms with Crippen molar-refractivity contribution >= 4 is 22.6 Å². The lowest BCUT2D eigenvalue weighted by molar-refractivity contribution is 0.355. The van der Waals surface area contributed by atoms with E-state index in [4.69, 9.17) is 18.7 Å². The van der Waals surface area contributed by atoms with Crippen molar-refractivity contribution in [3.8, 4) is 23.0 Å². The number of methoxy groups -OCH3 is 2. The predicted molar refractivity (Wildman–Crippen MR) is 128 cm³/mol. The van der Waals surface area contributed by atoms with Crippen LogP contribution in [0.3, 0.4) is 0 Å². The van der Waals surface area contributed by atoms with Gasteiger partial charge in [0.05, 0.1) is 19.7 Å². The number of halogens is 1. The van der Waals surface area contributed by atoms with Crippen molar-refractivity contribution in [2.24, 2.45) is 0 Å². The maximum Gasteiger partial charge on any atom is 0.325 e. The summed E-state index contributed by atoms with van der Waals surface area (Å²) in [5, 5.41) is 7.55. The van der Waals surface area contributed by atoms with Gasteiger partial charge in [0.1, 0.15) is 5.75 Å². The summed E-state index contributed by atoms with van der Waals surface area (Å²) in [7, 11) is 3.09. The number of hydrogen-bond donors (Lipinski definition) is 1. The third-order valence-electron chi connectivity index (χ3n) is 5.28. The fraction of sp³-hybridized carbons (Fsp3) is 0.115. The van der Waals surface area contributed by atoms with Gasteiger partial charge in [-0.1, -0.05) is 35.5 Å². The molecule has 0 fully saturated rings. The molecule has 2 heterocycles. The topological polar surface area (TPSA) is 91.5 Å². The van der Waals surface area contributed by atoms with Crippen LogP contribution in [0.1, 0.15) is 11.4 Å². The molecule has 176 valence electrons. The lowest BCUT2D eigenvalue weighted by Crippen LogP contribution is -1.96. The number of rotatable bonds is 8. The Bertz CT molecular complexity index is 1470. The molecule has 2 aromatic heterocycles. The van der Waals surface area contributed by atoms with Crippen molar-refractivity contribution in [3.63, 3.8) is 0 Å². The quantitative estimate of drug-likeness (QED) is 0.298. The van der Waals surface area contributed by atoms with Gasteiger partial charge >= 0.3 is 6.01 Å². The second kappa shape index (κ2) is 9.68. The van der Waals surface area contributed by atoms with Crippen molar-refractivity contribution in [2.75, 3.05) is 19.5 Å². The second-order valence-electron chi connectivity index (χ2n) is 7.58. The minimum absolute atomic E-state index is 0.0492. The summed E-state index contributed by atoms with van der Waals surface area (Å²) < 4.78 is 36.7. The summed E-state index contributed by atoms with van der Waals surface area (Å²) in [6, 6.07) is 19.6. The summed E-state index contributed by atoms with van der Waals surface area (Å²) in [6.45, 7) is 0. The van der Waals surface area contributed by atoms with Gasteiger partial charge in [-0.05, 0) is 29.8 Å². The summed E-state index contributed by atoms with van der Waals surface area (Å²) >= 11 is 0. The van der Waals surface area contributed by atoms with Crippen LogP contribution in [0.5, 0.6) is 23.0 Å². The highest BCUT2D eigenvalue weighted by Gasteiger charge is 2.14. The Morgan fingerprint density at radius 1 is 0.886 bits per heavy atom. The molecule has 0 aliphatic carbocycles. The maximum absolute atomic E-state index is 14.9. The first-order chi connectivity index (χ1) is 17.1. The number of anilines is 2. The molecule has 8 nitrogen and oxygen atoms in total. The Morgan fingerprint density at radius 2 is 1.69 bits per heavy atom. The number of nitrogens with zero attached hydrogens (tertiary/aromatic N) is 3. The molecule has 0 amide bonds. The predicted octanol–water partition coefficient (Wildman–Crippen LogP) is 5.90. The fourth-order valence-electron chi connectivity index (χ4n) is 3.59. The zero-order chi connectivity index (χ0) is 24.2. The molecule has 0 radical (unpaired) electrons. The molecule has 0 bridgehead atoms. The molecule has 0 saturated heterocycles. The van der Waals surface area contributed by atoms with Gasteiger partial charge in [-0.3, -0.25) is 4.98 Å². The molecule has 0 aliphatic rings. The summed E-state index contributed by atoms with van der Waals surface area (Å²) in [6.07, 6.45) is 2.11. The van der Waals surface area contributed by atoms with Gasteiger partial charge in [0.2, 0.25) is 0 Å². The van der Waals surface area contributed by atoms with Crippen molar-refractivity contribution in [3.05, 3.63) is 90.1 Å². The number of hydrogen-bond acceptors (Lipinski definition) is 8. The van der Waals surface area contributed by atoms with Gasteiger partial charge in [0, 0.05) is 35.8 Å². The zero-order valence-electron chi connectivity index (χ0n) is 19.0. The Labute approximate surface area is 200 Å². The minimum atomic E-state index is -0.565. The van der Waals surface area contributed by atoms with Crippen LogP contribution in [-0.4, -0.2) is 29.3 Å². The summed E-state index contributed by atoms with van der Waals surface area (Å²) in [5.74, 6) is 1.50. The molecule has 3 aromatic carbocycles. The third-order valence-corrected chi connectivity index (χ3v) is 5.28. The van der Waals surface area contributed by atoms with E-state index >= 15 is 0 Å². The number of ether oxygens (including phenoxy) is 3. The molecule has 0 atom stereocenters. The SMILES string of the molecule is COc1cc2nccc(Oc3ccc(Nc4nc(Cc5ccccc5)no4)cc3F)c2cc1OC. The van der Waals surface area contributed by atoms with Gasteiger partial charge in [-0.15, -0.1) is 0 Å². The van der Waals surface area contributed by atoms with Crippen LogP contribution in [0, 0.1) is 5.82 Å². The minimum Gasteiger partial charge on any atom is -0.493 e. The molecule has 9 heteroatoms. The Hall–Kier alpha value is -4.66. The highest BCUT2D eigenvalue weighted by Crippen LogP contribution is 2.37. The van der Waals surface area contributed by atoms with E-state index in [9.17, 15) is 4.39 Å². The lowest BCUT2D eigenvalue weighted by atomic mass is 10.1. The smallest absolute Gasteiger partial charge is 0.325 e. The largest absolute Gasteiger partial charge is 0.493 e. The van der Waals surface area contributed by atoms with E-state index in [0.29, 0.717) is 46.1 Å². The highest BCUT2D eigenvalue weighted by molar-refractivity contribution is 5.88. The van der Waals surface area contributed by atoms with E-state index in [1.165, 1.54) is 12.1 Å².